The van der Waals surface area contributed by atoms with Gasteiger partial charge >= 0.3 is 5.97 Å². The lowest BCUT2D eigenvalue weighted by Gasteiger charge is -2.13. The lowest BCUT2D eigenvalue weighted by Crippen LogP contribution is -2.29. The van der Waals surface area contributed by atoms with E-state index in [1.807, 2.05) is 0 Å². The second kappa shape index (κ2) is 4.45. The first kappa shape index (κ1) is 12.9. The van der Waals surface area contributed by atoms with Crippen molar-refractivity contribution in [3.05, 3.63) is 59.2 Å². The van der Waals surface area contributed by atoms with E-state index in [9.17, 15) is 19.5 Å². The molecule has 2 aromatic carbocycles. The fraction of sp³-hybridized carbons (Fsp3) is 0. The van der Waals surface area contributed by atoms with Crippen molar-refractivity contribution in [2.24, 2.45) is 0 Å². The molecule has 0 unspecified atom stereocenters. The van der Waals surface area contributed by atoms with E-state index in [-0.39, 0.29) is 28.1 Å². The van der Waals surface area contributed by atoms with Crippen molar-refractivity contribution < 1.29 is 24.6 Å². The SMILES string of the molecule is O=C(O)c1ccc(N2C(=O)c3ccc(O)cc3C2=O)cc1. The van der Waals surface area contributed by atoms with Crippen LogP contribution in [0.25, 0.3) is 0 Å². The molecule has 1 aliphatic rings. The topological polar surface area (TPSA) is 94.9 Å². The molecule has 0 aliphatic carbocycles. The van der Waals surface area contributed by atoms with Crippen molar-refractivity contribution in [2.75, 3.05) is 4.90 Å². The minimum absolute atomic E-state index is 0.0630. The number of carboxylic acid groups (broad SMARTS) is 1. The molecule has 0 saturated carbocycles. The quantitative estimate of drug-likeness (QED) is 0.821. The van der Waals surface area contributed by atoms with Crippen molar-refractivity contribution in [1.82, 2.24) is 0 Å². The van der Waals surface area contributed by atoms with Crippen LogP contribution in [0.15, 0.2) is 42.5 Å². The number of imide groups is 1. The molecule has 104 valence electrons. The van der Waals surface area contributed by atoms with Crippen LogP contribution in [0.1, 0.15) is 31.1 Å². The Balaban J connectivity index is 2.03. The molecule has 6 heteroatoms. The summed E-state index contributed by atoms with van der Waals surface area (Å²) in [5, 5.41) is 18.2. The number of carbonyl (C=O) groups excluding carboxylic acids is 2. The van der Waals surface area contributed by atoms with Crippen LogP contribution in [0.5, 0.6) is 5.75 Å². The Morgan fingerprint density at radius 3 is 2.14 bits per heavy atom. The molecule has 21 heavy (non-hydrogen) atoms. The van der Waals surface area contributed by atoms with Crippen LogP contribution in [0.2, 0.25) is 0 Å². The summed E-state index contributed by atoms with van der Waals surface area (Å²) >= 11 is 0. The van der Waals surface area contributed by atoms with E-state index in [2.05, 4.69) is 0 Å². The molecule has 3 rings (SSSR count). The zero-order chi connectivity index (χ0) is 15.1. The third-order valence-corrected chi connectivity index (χ3v) is 3.24. The van der Waals surface area contributed by atoms with Gasteiger partial charge < -0.3 is 10.2 Å². The van der Waals surface area contributed by atoms with Crippen molar-refractivity contribution >= 4 is 23.5 Å². The third kappa shape index (κ3) is 1.93. The van der Waals surface area contributed by atoms with Gasteiger partial charge in [0.05, 0.1) is 22.4 Å². The van der Waals surface area contributed by atoms with Gasteiger partial charge in [0.2, 0.25) is 0 Å². The Kier molecular flexibility index (Phi) is 2.72. The van der Waals surface area contributed by atoms with E-state index < -0.39 is 17.8 Å². The number of phenols is 1. The number of aromatic hydroxyl groups is 1. The van der Waals surface area contributed by atoms with Crippen LogP contribution in [0, 0.1) is 0 Å². The molecule has 1 heterocycles. The van der Waals surface area contributed by atoms with Crippen molar-refractivity contribution in [1.29, 1.82) is 0 Å². The number of carbonyl (C=O) groups is 3. The molecule has 2 aromatic rings. The minimum atomic E-state index is -1.09. The molecule has 2 N–H and O–H groups in total. The molecule has 0 radical (unpaired) electrons. The number of fused-ring (bicyclic) bond motifs is 1. The summed E-state index contributed by atoms with van der Waals surface area (Å²) in [6.45, 7) is 0. The largest absolute Gasteiger partial charge is 0.508 e. The molecule has 0 bridgehead atoms. The van der Waals surface area contributed by atoms with Crippen LogP contribution in [0.3, 0.4) is 0 Å². The lowest BCUT2D eigenvalue weighted by atomic mass is 10.1. The fourth-order valence-corrected chi connectivity index (χ4v) is 2.22. The predicted molar refractivity (Wildman–Crippen MR) is 72.6 cm³/mol. The maximum atomic E-state index is 12.3. The maximum absolute atomic E-state index is 12.3. The summed E-state index contributed by atoms with van der Waals surface area (Å²) in [4.78, 5) is 36.3. The van der Waals surface area contributed by atoms with Gasteiger partial charge in [-0.05, 0) is 42.5 Å². The van der Waals surface area contributed by atoms with Crippen LogP contribution < -0.4 is 4.90 Å². The highest BCUT2D eigenvalue weighted by atomic mass is 16.4. The third-order valence-electron chi connectivity index (χ3n) is 3.24. The van der Waals surface area contributed by atoms with E-state index in [1.165, 1.54) is 42.5 Å². The zero-order valence-corrected chi connectivity index (χ0v) is 10.6. The summed E-state index contributed by atoms with van der Waals surface area (Å²) in [5.41, 5.74) is 0.682. The summed E-state index contributed by atoms with van der Waals surface area (Å²) in [6.07, 6.45) is 0. The second-order valence-corrected chi connectivity index (χ2v) is 4.53. The van der Waals surface area contributed by atoms with E-state index in [0.29, 0.717) is 0 Å². The Labute approximate surface area is 118 Å². The van der Waals surface area contributed by atoms with Gasteiger partial charge in [0.25, 0.3) is 11.8 Å². The number of phenolic OH excluding ortho intramolecular Hbond substituents is 1. The van der Waals surface area contributed by atoms with E-state index in [1.54, 1.807) is 0 Å². The predicted octanol–water partition coefficient (Wildman–Crippen LogP) is 1.89. The molecule has 0 fully saturated rings. The summed E-state index contributed by atoms with van der Waals surface area (Å²) in [6, 6.07) is 9.38. The summed E-state index contributed by atoms with van der Waals surface area (Å²) in [5.74, 6) is -2.24. The lowest BCUT2D eigenvalue weighted by molar-refractivity contribution is 0.0696. The molecule has 0 atom stereocenters. The first-order chi connectivity index (χ1) is 9.99. The number of amides is 2. The second-order valence-electron chi connectivity index (χ2n) is 4.53. The monoisotopic (exact) mass is 283 g/mol. The smallest absolute Gasteiger partial charge is 0.335 e. The van der Waals surface area contributed by atoms with Gasteiger partial charge in [-0.25, -0.2) is 9.69 Å². The van der Waals surface area contributed by atoms with E-state index in [0.717, 1.165) is 4.90 Å². The van der Waals surface area contributed by atoms with Crippen LogP contribution in [0.4, 0.5) is 5.69 Å². The fourth-order valence-electron chi connectivity index (χ4n) is 2.22. The van der Waals surface area contributed by atoms with Crippen molar-refractivity contribution in [2.45, 2.75) is 0 Å². The highest BCUT2D eigenvalue weighted by Crippen LogP contribution is 2.30. The normalized spacial score (nSPS) is 13.4. The molecule has 0 saturated heterocycles. The van der Waals surface area contributed by atoms with Gasteiger partial charge in [-0.1, -0.05) is 0 Å². The molecular weight excluding hydrogens is 274 g/mol. The van der Waals surface area contributed by atoms with Gasteiger partial charge in [-0.2, -0.15) is 0 Å². The molecule has 0 aromatic heterocycles. The number of nitrogens with zero attached hydrogens (tertiary/aromatic N) is 1. The van der Waals surface area contributed by atoms with E-state index >= 15 is 0 Å². The van der Waals surface area contributed by atoms with Crippen LogP contribution in [-0.4, -0.2) is 28.0 Å². The Morgan fingerprint density at radius 2 is 1.52 bits per heavy atom. The van der Waals surface area contributed by atoms with Crippen molar-refractivity contribution in [3.8, 4) is 5.75 Å². The average molecular weight is 283 g/mol. The van der Waals surface area contributed by atoms with Gasteiger partial charge in [-0.15, -0.1) is 0 Å². The minimum Gasteiger partial charge on any atom is -0.508 e. The van der Waals surface area contributed by atoms with Crippen LogP contribution in [-0.2, 0) is 0 Å². The van der Waals surface area contributed by atoms with Gasteiger partial charge in [-0.3, -0.25) is 9.59 Å². The molecule has 0 spiro atoms. The van der Waals surface area contributed by atoms with Crippen LogP contribution >= 0.6 is 0 Å². The summed E-state index contributed by atoms with van der Waals surface area (Å²) in [7, 11) is 0. The number of carboxylic acids is 1. The molecular formula is C15H9NO5. The maximum Gasteiger partial charge on any atom is 0.335 e. The number of aromatic carboxylic acids is 1. The Morgan fingerprint density at radius 1 is 0.905 bits per heavy atom. The van der Waals surface area contributed by atoms with Gasteiger partial charge in [0.1, 0.15) is 5.75 Å². The number of hydrogen-bond acceptors (Lipinski definition) is 4. The summed E-state index contributed by atoms with van der Waals surface area (Å²) < 4.78 is 0. The van der Waals surface area contributed by atoms with Crippen molar-refractivity contribution in [3.63, 3.8) is 0 Å². The Hall–Kier alpha value is -3.15. The van der Waals surface area contributed by atoms with E-state index in [4.69, 9.17) is 5.11 Å². The molecule has 2 amide bonds. The number of hydrogen-bond donors (Lipinski definition) is 2. The Bertz CT molecular complexity index is 779. The van der Waals surface area contributed by atoms with Gasteiger partial charge in [0, 0.05) is 0 Å². The number of anilines is 1. The first-order valence-electron chi connectivity index (χ1n) is 6.04. The number of benzene rings is 2. The zero-order valence-electron chi connectivity index (χ0n) is 10.6. The number of rotatable bonds is 2. The first-order valence-corrected chi connectivity index (χ1v) is 6.04. The van der Waals surface area contributed by atoms with Gasteiger partial charge in [0.15, 0.2) is 0 Å². The average Bonchev–Trinajstić information content (AvgIpc) is 2.70. The molecule has 1 aliphatic heterocycles. The molecule has 6 nitrogen and oxygen atoms in total. The highest BCUT2D eigenvalue weighted by Gasteiger charge is 2.36. The standard InChI is InChI=1S/C15H9NO5/c17-10-5-6-11-12(7-10)14(19)16(13(11)18)9-3-1-8(2-4-9)15(20)21/h1-7,17H,(H,20,21). The highest BCUT2D eigenvalue weighted by molar-refractivity contribution is 6.34.